The van der Waals surface area contributed by atoms with E-state index in [0.717, 1.165) is 16.9 Å². The molecule has 0 atom stereocenters. The first-order chi connectivity index (χ1) is 7.79. The molecule has 0 aliphatic heterocycles. The van der Waals surface area contributed by atoms with Crippen molar-refractivity contribution in [2.45, 2.75) is 12.7 Å². The van der Waals surface area contributed by atoms with Crippen LogP contribution in [0.1, 0.15) is 5.69 Å². The average molecular weight is 251 g/mol. The summed E-state index contributed by atoms with van der Waals surface area (Å²) >= 11 is 0. The zero-order chi connectivity index (χ0) is 13.1. The van der Waals surface area contributed by atoms with Gasteiger partial charge in [-0.05, 0) is 6.07 Å². The molecule has 0 aliphatic rings. The van der Waals surface area contributed by atoms with Gasteiger partial charge in [0.2, 0.25) is 5.91 Å². The molecule has 2 N–H and O–H groups in total. The van der Waals surface area contributed by atoms with E-state index in [1.54, 1.807) is 0 Å². The van der Waals surface area contributed by atoms with Gasteiger partial charge in [0.25, 0.3) is 0 Å². The highest BCUT2D eigenvalue weighted by Crippen LogP contribution is 2.27. The number of carbonyl (C=O) groups excluding carboxylic acids is 1. The minimum absolute atomic E-state index is 0.469. The van der Waals surface area contributed by atoms with Crippen LogP contribution in [-0.4, -0.2) is 33.3 Å². The maximum absolute atomic E-state index is 12.1. The fourth-order valence-corrected chi connectivity index (χ4v) is 0.978. The Hall–Kier alpha value is -2.06. The molecule has 1 amide bonds. The molecule has 1 aromatic heterocycles. The molecule has 0 radical (unpaired) electrons. The molecule has 0 aromatic carbocycles. The van der Waals surface area contributed by atoms with Gasteiger partial charge in [0.1, 0.15) is 13.1 Å². The van der Waals surface area contributed by atoms with Crippen molar-refractivity contribution >= 4 is 11.9 Å². The molecule has 0 aliphatic carbocycles. The first-order valence-corrected chi connectivity index (χ1v) is 4.38. The van der Waals surface area contributed by atoms with Crippen molar-refractivity contribution in [1.29, 1.82) is 0 Å². The van der Waals surface area contributed by atoms with E-state index in [0.29, 0.717) is 0 Å². The van der Waals surface area contributed by atoms with E-state index in [2.05, 4.69) is 5.10 Å². The van der Waals surface area contributed by atoms with Gasteiger partial charge in [-0.2, -0.15) is 18.3 Å². The maximum Gasteiger partial charge on any atom is 0.435 e. The normalized spacial score (nSPS) is 11.2. The Labute approximate surface area is 93.0 Å². The fraction of sp³-hybridized carbons (Fsp3) is 0.375. The van der Waals surface area contributed by atoms with Crippen LogP contribution in [0.2, 0.25) is 0 Å². The number of carbonyl (C=O) groups is 2. The van der Waals surface area contributed by atoms with Gasteiger partial charge in [-0.3, -0.25) is 14.3 Å². The molecular weight excluding hydrogens is 243 g/mol. The molecule has 6 nitrogen and oxygen atoms in total. The van der Waals surface area contributed by atoms with Crippen molar-refractivity contribution in [2.75, 3.05) is 6.54 Å². The Morgan fingerprint density at radius 3 is 2.59 bits per heavy atom. The zero-order valence-corrected chi connectivity index (χ0v) is 8.36. The quantitative estimate of drug-likeness (QED) is 0.795. The lowest BCUT2D eigenvalue weighted by Gasteiger charge is -2.03. The third kappa shape index (κ3) is 4.13. The number of hydrogen-bond acceptors (Lipinski definition) is 3. The van der Waals surface area contributed by atoms with Crippen LogP contribution in [0.4, 0.5) is 13.2 Å². The number of carboxylic acid groups (broad SMARTS) is 1. The van der Waals surface area contributed by atoms with Crippen LogP contribution >= 0.6 is 0 Å². The molecule has 1 heterocycles. The minimum atomic E-state index is -4.57. The molecule has 0 saturated heterocycles. The van der Waals surface area contributed by atoms with Crippen molar-refractivity contribution < 1.29 is 27.9 Å². The predicted octanol–water partition coefficient (Wildman–Crippen LogP) is 0.103. The summed E-state index contributed by atoms with van der Waals surface area (Å²) < 4.78 is 37.2. The highest BCUT2D eigenvalue weighted by atomic mass is 19.4. The van der Waals surface area contributed by atoms with Crippen LogP contribution in [0, 0.1) is 0 Å². The van der Waals surface area contributed by atoms with Gasteiger partial charge in [-0.25, -0.2) is 0 Å². The summed E-state index contributed by atoms with van der Waals surface area (Å²) in [7, 11) is 0. The van der Waals surface area contributed by atoms with Crippen molar-refractivity contribution in [3.63, 3.8) is 0 Å². The van der Waals surface area contributed by atoms with Crippen LogP contribution in [0.3, 0.4) is 0 Å². The summed E-state index contributed by atoms with van der Waals surface area (Å²) in [4.78, 5) is 21.2. The van der Waals surface area contributed by atoms with Gasteiger partial charge < -0.3 is 10.4 Å². The number of aromatic nitrogens is 2. The molecule has 94 valence electrons. The Morgan fingerprint density at radius 2 is 2.12 bits per heavy atom. The standard InChI is InChI=1S/C8H8F3N3O3/c9-8(10,11)5-1-2-14(13-5)4-6(15)12-3-7(16)17/h1-2H,3-4H2,(H,12,15)(H,16,17). The van der Waals surface area contributed by atoms with Crippen LogP contribution in [0.25, 0.3) is 0 Å². The largest absolute Gasteiger partial charge is 0.480 e. The molecule has 9 heteroatoms. The van der Waals surface area contributed by atoms with Gasteiger partial charge in [0.15, 0.2) is 5.69 Å². The number of carboxylic acids is 1. The lowest BCUT2D eigenvalue weighted by Crippen LogP contribution is -2.32. The van der Waals surface area contributed by atoms with Crippen molar-refractivity contribution in [3.8, 4) is 0 Å². The predicted molar refractivity (Wildman–Crippen MR) is 47.9 cm³/mol. The monoisotopic (exact) mass is 251 g/mol. The summed E-state index contributed by atoms with van der Waals surface area (Å²) in [5.41, 5.74) is -1.11. The molecule has 0 spiro atoms. The Bertz CT molecular complexity index is 427. The maximum atomic E-state index is 12.1. The zero-order valence-electron chi connectivity index (χ0n) is 8.36. The molecule has 17 heavy (non-hydrogen) atoms. The number of alkyl halides is 3. The Kier molecular flexibility index (Phi) is 3.71. The van der Waals surface area contributed by atoms with E-state index in [1.807, 2.05) is 5.32 Å². The highest BCUT2D eigenvalue weighted by molar-refractivity contribution is 5.80. The van der Waals surface area contributed by atoms with Gasteiger partial charge in [0.05, 0.1) is 0 Å². The number of hydrogen-bond donors (Lipinski definition) is 2. The van der Waals surface area contributed by atoms with E-state index in [-0.39, 0.29) is 0 Å². The first-order valence-electron chi connectivity index (χ1n) is 4.38. The Balaban J connectivity index is 2.55. The van der Waals surface area contributed by atoms with Gasteiger partial charge in [0, 0.05) is 6.20 Å². The SMILES string of the molecule is O=C(O)CNC(=O)Cn1ccc(C(F)(F)F)n1. The van der Waals surface area contributed by atoms with E-state index in [9.17, 15) is 22.8 Å². The van der Waals surface area contributed by atoms with E-state index >= 15 is 0 Å². The molecule has 1 rings (SSSR count). The average Bonchev–Trinajstić information content (AvgIpc) is 2.62. The number of amides is 1. The van der Waals surface area contributed by atoms with Crippen LogP contribution in [-0.2, 0) is 22.3 Å². The van der Waals surface area contributed by atoms with E-state index in [1.165, 1.54) is 0 Å². The molecule has 0 unspecified atom stereocenters. The third-order valence-electron chi connectivity index (χ3n) is 1.67. The third-order valence-corrected chi connectivity index (χ3v) is 1.67. The number of nitrogens with zero attached hydrogens (tertiary/aromatic N) is 2. The second-order valence-electron chi connectivity index (χ2n) is 3.07. The lowest BCUT2D eigenvalue weighted by atomic mass is 10.4. The van der Waals surface area contributed by atoms with Crippen LogP contribution in [0.5, 0.6) is 0 Å². The van der Waals surface area contributed by atoms with Crippen molar-refractivity contribution in [1.82, 2.24) is 15.1 Å². The minimum Gasteiger partial charge on any atom is -0.480 e. The van der Waals surface area contributed by atoms with Crippen LogP contribution < -0.4 is 5.32 Å². The summed E-state index contributed by atoms with van der Waals surface area (Å²) in [5, 5.41) is 13.4. The molecule has 0 fully saturated rings. The van der Waals surface area contributed by atoms with Crippen molar-refractivity contribution in [3.05, 3.63) is 18.0 Å². The number of rotatable bonds is 4. The first kappa shape index (κ1) is 13.0. The summed E-state index contributed by atoms with van der Waals surface area (Å²) in [6.07, 6.45) is -3.58. The smallest absolute Gasteiger partial charge is 0.435 e. The molecule has 0 saturated carbocycles. The Morgan fingerprint density at radius 1 is 1.47 bits per heavy atom. The van der Waals surface area contributed by atoms with Crippen molar-refractivity contribution in [2.24, 2.45) is 0 Å². The number of nitrogens with one attached hydrogen (secondary N) is 1. The topological polar surface area (TPSA) is 84.2 Å². The summed E-state index contributed by atoms with van der Waals surface area (Å²) in [6, 6.07) is 0.727. The highest BCUT2D eigenvalue weighted by Gasteiger charge is 2.33. The second kappa shape index (κ2) is 4.85. The lowest BCUT2D eigenvalue weighted by molar-refractivity contribution is -0.141. The second-order valence-corrected chi connectivity index (χ2v) is 3.07. The number of halogens is 3. The van der Waals surface area contributed by atoms with E-state index < -0.39 is 36.8 Å². The van der Waals surface area contributed by atoms with Gasteiger partial charge >= 0.3 is 12.1 Å². The van der Waals surface area contributed by atoms with E-state index in [4.69, 9.17) is 5.11 Å². The summed E-state index contributed by atoms with van der Waals surface area (Å²) in [6.45, 7) is -1.06. The van der Waals surface area contributed by atoms with Gasteiger partial charge in [-0.15, -0.1) is 0 Å². The molecule has 0 bridgehead atoms. The summed E-state index contributed by atoms with van der Waals surface area (Å²) in [5.74, 6) is -1.97. The molecule has 1 aromatic rings. The number of aliphatic carboxylic acids is 1. The molecular formula is C8H8F3N3O3. The van der Waals surface area contributed by atoms with Gasteiger partial charge in [-0.1, -0.05) is 0 Å². The van der Waals surface area contributed by atoms with Crippen LogP contribution in [0.15, 0.2) is 12.3 Å². The fourth-order valence-electron chi connectivity index (χ4n) is 0.978.